The summed E-state index contributed by atoms with van der Waals surface area (Å²) in [5.74, 6) is 1.28. The maximum absolute atomic E-state index is 5.61. The molecule has 0 fully saturated rings. The lowest BCUT2D eigenvalue weighted by atomic mass is 9.81. The molecule has 0 saturated heterocycles. The maximum atomic E-state index is 5.61. The van der Waals surface area contributed by atoms with Crippen LogP contribution in [0.1, 0.15) is 240 Å². The fraction of sp³-hybridized carbons (Fsp3) is 1.00. The van der Waals surface area contributed by atoms with Gasteiger partial charge in [-0.2, -0.15) is 11.8 Å². The Hall–Kier alpha value is 0.230. The quantitative estimate of drug-likeness (QED) is 0.243. The van der Waals surface area contributed by atoms with Crippen LogP contribution in [-0.4, -0.2) is 70.8 Å². The summed E-state index contributed by atoms with van der Waals surface area (Å²) in [4.78, 5) is 4.81. The van der Waals surface area contributed by atoms with Crippen molar-refractivity contribution in [2.24, 2.45) is 32.5 Å². The van der Waals surface area contributed by atoms with Crippen molar-refractivity contribution in [3.63, 3.8) is 0 Å². The fourth-order valence-corrected chi connectivity index (χ4v) is 5.19. The summed E-state index contributed by atoms with van der Waals surface area (Å²) in [6.07, 6.45) is 6.37. The van der Waals surface area contributed by atoms with Crippen molar-refractivity contribution in [1.82, 2.24) is 9.80 Å². The largest absolute Gasteiger partial charge is 0.376 e. The van der Waals surface area contributed by atoms with Gasteiger partial charge in [-0.15, -0.1) is 0 Å². The average Bonchev–Trinajstić information content (AvgIpc) is 2.81. The Morgan fingerprint density at radius 3 is 0.873 bits per heavy atom. The number of nitrogens with zero attached hydrogens (tertiary/aromatic N) is 2. The predicted molar refractivity (Wildman–Crippen MR) is 262 cm³/mol. The van der Waals surface area contributed by atoms with E-state index in [2.05, 4.69) is 243 Å². The Kier molecular flexibility index (Phi) is 30.2. The molecule has 0 aliphatic carbocycles. The first-order valence-electron chi connectivity index (χ1n) is 22.1. The molecule has 0 aromatic rings. The van der Waals surface area contributed by atoms with Crippen LogP contribution >= 0.6 is 11.8 Å². The van der Waals surface area contributed by atoms with Crippen LogP contribution in [0.5, 0.6) is 0 Å². The Labute approximate surface area is 358 Å². The zero-order chi connectivity index (χ0) is 45.9. The van der Waals surface area contributed by atoms with Crippen LogP contribution in [0, 0.1) is 32.5 Å². The van der Waals surface area contributed by atoms with Gasteiger partial charge in [-0.05, 0) is 153 Å². The van der Waals surface area contributed by atoms with Crippen LogP contribution < -0.4 is 0 Å². The maximum Gasteiger partial charge on any atom is 0.0598 e. The monoisotopic (exact) mass is 803 g/mol. The van der Waals surface area contributed by atoms with E-state index in [4.69, 9.17) is 4.74 Å². The predicted octanol–water partition coefficient (Wildman–Crippen LogP) is 17.0. The van der Waals surface area contributed by atoms with Crippen molar-refractivity contribution >= 4 is 11.8 Å². The number of hydrogen-bond donors (Lipinski definition) is 0. The van der Waals surface area contributed by atoms with E-state index in [-0.39, 0.29) is 5.60 Å². The summed E-state index contributed by atoms with van der Waals surface area (Å²) in [6.45, 7) is 71.0. The van der Waals surface area contributed by atoms with Crippen molar-refractivity contribution in [2.45, 2.75) is 261 Å². The molecule has 0 aliphatic heterocycles. The summed E-state index contributed by atoms with van der Waals surface area (Å²) in [5.41, 5.74) is 3.40. The Morgan fingerprint density at radius 2 is 0.673 bits per heavy atom. The Bertz CT molecular complexity index is 825. The van der Waals surface area contributed by atoms with E-state index in [9.17, 15) is 0 Å². The molecule has 4 heteroatoms. The molecule has 0 radical (unpaired) electrons. The zero-order valence-corrected chi connectivity index (χ0v) is 45.9. The van der Waals surface area contributed by atoms with Gasteiger partial charge in [0.25, 0.3) is 0 Å². The molecule has 0 aromatic heterocycles. The van der Waals surface area contributed by atoms with E-state index < -0.39 is 0 Å². The molecule has 0 aliphatic rings. The summed E-state index contributed by atoms with van der Waals surface area (Å²) in [5, 5.41) is 0. The van der Waals surface area contributed by atoms with E-state index in [1.54, 1.807) is 0 Å². The highest BCUT2D eigenvalue weighted by Gasteiger charge is 2.22. The average molecular weight is 804 g/mol. The molecule has 0 unspecified atom stereocenters. The van der Waals surface area contributed by atoms with Gasteiger partial charge in [-0.3, -0.25) is 0 Å². The summed E-state index contributed by atoms with van der Waals surface area (Å²) in [7, 11) is 4.39. The lowest BCUT2D eigenvalue weighted by Crippen LogP contribution is -2.42. The van der Waals surface area contributed by atoms with Gasteiger partial charge in [0.15, 0.2) is 0 Å². The molecule has 0 bridgehead atoms. The summed E-state index contributed by atoms with van der Waals surface area (Å²) >= 11 is 2.06. The molecule has 0 heterocycles. The molecule has 340 valence electrons. The van der Waals surface area contributed by atoms with Crippen LogP contribution in [0.3, 0.4) is 0 Å². The second-order valence-corrected chi connectivity index (χ2v) is 29.6. The first kappa shape index (κ1) is 64.4. The molecule has 0 aromatic carbocycles. The molecular formula is C51H114N2OS. The molecule has 0 amide bonds. The van der Waals surface area contributed by atoms with E-state index in [0.717, 1.165) is 19.6 Å². The normalized spacial score (nSPS) is 13.9. The molecule has 3 nitrogen and oxygen atoms in total. The van der Waals surface area contributed by atoms with Crippen molar-refractivity contribution in [3.05, 3.63) is 0 Å². The molecule has 0 N–H and O–H groups in total. The van der Waals surface area contributed by atoms with Crippen LogP contribution in [0.4, 0.5) is 0 Å². The molecule has 55 heavy (non-hydrogen) atoms. The number of thioether (sulfide) groups is 1. The smallest absolute Gasteiger partial charge is 0.0598 e. The third-order valence-corrected chi connectivity index (χ3v) is 9.87. The second kappa shape index (κ2) is 25.8. The van der Waals surface area contributed by atoms with E-state index in [0.29, 0.717) is 48.3 Å². The van der Waals surface area contributed by atoms with E-state index in [1.807, 2.05) is 0 Å². The third-order valence-electron chi connectivity index (χ3n) is 8.60. The second-order valence-electron chi connectivity index (χ2n) is 27.7. The van der Waals surface area contributed by atoms with Gasteiger partial charge in [0.2, 0.25) is 0 Å². The van der Waals surface area contributed by atoms with Gasteiger partial charge in [-0.1, -0.05) is 145 Å². The Balaban J connectivity index is -0.000000190. The van der Waals surface area contributed by atoms with Crippen LogP contribution in [0.25, 0.3) is 0 Å². The highest BCUT2D eigenvalue weighted by Crippen LogP contribution is 2.30. The van der Waals surface area contributed by atoms with E-state index >= 15 is 0 Å². The van der Waals surface area contributed by atoms with Gasteiger partial charge in [0.1, 0.15) is 0 Å². The minimum atomic E-state index is 0.0191. The first-order valence-corrected chi connectivity index (χ1v) is 23.1. The van der Waals surface area contributed by atoms with Gasteiger partial charge in [0.05, 0.1) is 5.60 Å². The molecule has 0 spiro atoms. The molecular weight excluding hydrogens is 689 g/mol. The minimum absolute atomic E-state index is 0.0191. The van der Waals surface area contributed by atoms with Crippen LogP contribution in [0.15, 0.2) is 0 Å². The topological polar surface area (TPSA) is 15.7 Å². The van der Waals surface area contributed by atoms with Gasteiger partial charge in [0, 0.05) is 29.0 Å². The number of ether oxygens (including phenoxy) is 1. The zero-order valence-electron chi connectivity index (χ0n) is 45.1. The molecule has 0 saturated carbocycles. The highest BCUT2D eigenvalue weighted by atomic mass is 32.2. The summed E-state index contributed by atoms with van der Waals surface area (Å²) < 4.78 is 6.04. The molecule has 0 rings (SSSR count). The van der Waals surface area contributed by atoms with Gasteiger partial charge >= 0.3 is 0 Å². The first-order chi connectivity index (χ1) is 23.4. The number of rotatable bonds is 8. The van der Waals surface area contributed by atoms with E-state index in [1.165, 1.54) is 38.0 Å². The van der Waals surface area contributed by atoms with Crippen molar-refractivity contribution in [2.75, 3.05) is 39.5 Å². The highest BCUT2D eigenvalue weighted by molar-refractivity contribution is 8.00. The molecule has 0 atom stereocenters. The van der Waals surface area contributed by atoms with Crippen molar-refractivity contribution < 1.29 is 4.74 Å². The lowest BCUT2D eigenvalue weighted by molar-refractivity contribution is -0.0139. The van der Waals surface area contributed by atoms with Crippen molar-refractivity contribution in [1.29, 1.82) is 0 Å². The minimum Gasteiger partial charge on any atom is -0.376 e. The Morgan fingerprint density at radius 1 is 0.364 bits per heavy atom. The van der Waals surface area contributed by atoms with Crippen molar-refractivity contribution in [3.8, 4) is 0 Å². The number of hydrogen-bond acceptors (Lipinski definition) is 4. The third kappa shape index (κ3) is 69.2. The van der Waals surface area contributed by atoms with Gasteiger partial charge < -0.3 is 14.5 Å². The SMILES string of the molecule is CC(C)(C)CCC(C)(C)C.CC(C)(C)CCOC(C)(C)C.CC(C)(C)CCSC(C)(C)C.CN(CC(C)(C)C)C(C)(C)C.CN(CCC(C)(C)C)C(C)(C)C. The summed E-state index contributed by atoms with van der Waals surface area (Å²) in [6, 6.07) is 0. The van der Waals surface area contributed by atoms with Gasteiger partial charge in [-0.25, -0.2) is 0 Å². The fourth-order valence-electron chi connectivity index (χ4n) is 3.86. The van der Waals surface area contributed by atoms with Crippen LogP contribution in [-0.2, 0) is 4.74 Å². The standard InChI is InChI=1S/C11H25N.C10H23N.C10H22O.C10H22S.C10H22/c1-10(2,3)8-9-12(7)11(4,5)6;1-9(2,3)8-11(7)10(4,5)6;2*1-9(2,3)7-8-11-10(4,5)6;1-9(2,3)7-8-10(4,5)6/h8-9H2,1-7H3;8H2,1-7H3;2*7-8H2,1-6H3;7-8H2,1-6H3. The van der Waals surface area contributed by atoms with Crippen LogP contribution in [0.2, 0.25) is 0 Å². The lowest BCUT2D eigenvalue weighted by Gasteiger charge is -2.36.